The molecule has 1 saturated heterocycles. The Morgan fingerprint density at radius 1 is 1.28 bits per heavy atom. The highest BCUT2D eigenvalue weighted by molar-refractivity contribution is 5.77. The molecule has 1 aliphatic heterocycles. The summed E-state index contributed by atoms with van der Waals surface area (Å²) >= 11 is 0. The monoisotopic (exact) mass is 252 g/mol. The van der Waals surface area contributed by atoms with Crippen molar-refractivity contribution in [1.29, 1.82) is 0 Å². The molecule has 5 nitrogen and oxygen atoms in total. The molecule has 0 spiro atoms. The van der Waals surface area contributed by atoms with Crippen molar-refractivity contribution < 1.29 is 24.1 Å². The van der Waals surface area contributed by atoms with E-state index in [9.17, 15) is 9.90 Å². The Morgan fingerprint density at radius 2 is 1.83 bits per heavy atom. The summed E-state index contributed by atoms with van der Waals surface area (Å²) in [5.41, 5.74) is 0.687. The molecule has 1 aliphatic rings. The molecule has 98 valence electrons. The fourth-order valence-electron chi connectivity index (χ4n) is 2.07. The van der Waals surface area contributed by atoms with Crippen LogP contribution in [0.1, 0.15) is 11.5 Å². The first-order chi connectivity index (χ1) is 8.65. The average Bonchev–Trinajstić information content (AvgIpc) is 2.32. The van der Waals surface area contributed by atoms with Gasteiger partial charge in [-0.3, -0.25) is 4.79 Å². The Bertz CT molecular complexity index is 417. The van der Waals surface area contributed by atoms with Crippen molar-refractivity contribution in [2.24, 2.45) is 5.92 Å². The van der Waals surface area contributed by atoms with Crippen LogP contribution in [-0.2, 0) is 9.53 Å². The highest BCUT2D eigenvalue weighted by Gasteiger charge is 2.35. The van der Waals surface area contributed by atoms with Crippen molar-refractivity contribution >= 4 is 5.97 Å². The van der Waals surface area contributed by atoms with Crippen LogP contribution in [0.5, 0.6) is 11.5 Å². The van der Waals surface area contributed by atoms with Gasteiger partial charge in [-0.2, -0.15) is 0 Å². The largest absolute Gasteiger partial charge is 0.497 e. The maximum atomic E-state index is 11.4. The average molecular weight is 252 g/mol. The zero-order chi connectivity index (χ0) is 13.1. The van der Waals surface area contributed by atoms with Gasteiger partial charge in [0.15, 0.2) is 0 Å². The van der Waals surface area contributed by atoms with Gasteiger partial charge in [0.2, 0.25) is 0 Å². The van der Waals surface area contributed by atoms with Crippen LogP contribution in [0.15, 0.2) is 18.2 Å². The van der Waals surface area contributed by atoms with E-state index in [2.05, 4.69) is 0 Å². The Kier molecular flexibility index (Phi) is 3.72. The molecule has 0 aromatic heterocycles. The molecule has 1 aromatic rings. The molecule has 0 radical (unpaired) electrons. The molecule has 0 aliphatic carbocycles. The number of rotatable bonds is 5. The number of hydrogen-bond donors (Lipinski definition) is 1. The molecule has 1 fully saturated rings. The van der Waals surface area contributed by atoms with Crippen LogP contribution in [0.3, 0.4) is 0 Å². The number of hydrogen-bond acceptors (Lipinski definition) is 4. The van der Waals surface area contributed by atoms with E-state index >= 15 is 0 Å². The summed E-state index contributed by atoms with van der Waals surface area (Å²) in [7, 11) is 3.08. The highest BCUT2D eigenvalue weighted by atomic mass is 16.5. The van der Waals surface area contributed by atoms with Gasteiger partial charge in [0.25, 0.3) is 0 Å². The maximum absolute atomic E-state index is 11.4. The summed E-state index contributed by atoms with van der Waals surface area (Å²) in [5.74, 6) is -0.229. The molecule has 0 bridgehead atoms. The number of benzene rings is 1. The number of methoxy groups -OCH3 is 2. The van der Waals surface area contributed by atoms with Crippen LogP contribution in [-0.4, -0.2) is 38.5 Å². The Morgan fingerprint density at radius 3 is 2.17 bits per heavy atom. The fraction of sp³-hybridized carbons (Fsp3) is 0.462. The van der Waals surface area contributed by atoms with Gasteiger partial charge in [-0.15, -0.1) is 0 Å². The molecule has 1 atom stereocenters. The van der Waals surface area contributed by atoms with E-state index in [1.54, 1.807) is 32.4 Å². The van der Waals surface area contributed by atoms with E-state index in [-0.39, 0.29) is 5.92 Å². The maximum Gasteiger partial charge on any atom is 0.311 e. The first-order valence-corrected chi connectivity index (χ1v) is 5.69. The molecule has 0 saturated carbocycles. The van der Waals surface area contributed by atoms with Crippen molar-refractivity contribution in [3.63, 3.8) is 0 Å². The zero-order valence-electron chi connectivity index (χ0n) is 10.4. The third kappa shape index (κ3) is 2.41. The molecule has 18 heavy (non-hydrogen) atoms. The van der Waals surface area contributed by atoms with Crippen molar-refractivity contribution in [3.05, 3.63) is 23.8 Å². The van der Waals surface area contributed by atoms with Crippen LogP contribution < -0.4 is 9.47 Å². The normalized spacial score (nSPS) is 16.8. The molecule has 1 unspecified atom stereocenters. The minimum absolute atomic E-state index is 0.0133. The molecule has 1 heterocycles. The van der Waals surface area contributed by atoms with E-state index in [4.69, 9.17) is 14.2 Å². The smallest absolute Gasteiger partial charge is 0.311 e. The summed E-state index contributed by atoms with van der Waals surface area (Å²) in [6.07, 6.45) is 0. The predicted octanol–water partition coefficient (Wildman–Crippen LogP) is 1.52. The van der Waals surface area contributed by atoms with Crippen LogP contribution >= 0.6 is 0 Å². The summed E-state index contributed by atoms with van der Waals surface area (Å²) in [5, 5.41) is 9.35. The summed E-state index contributed by atoms with van der Waals surface area (Å²) in [4.78, 5) is 11.4. The predicted molar refractivity (Wildman–Crippen MR) is 64.2 cm³/mol. The number of carboxylic acid groups (broad SMARTS) is 1. The van der Waals surface area contributed by atoms with Crippen molar-refractivity contribution in [2.75, 3.05) is 27.4 Å². The lowest BCUT2D eigenvalue weighted by Gasteiger charge is -2.31. The van der Waals surface area contributed by atoms with Gasteiger partial charge in [-0.05, 0) is 17.7 Å². The van der Waals surface area contributed by atoms with Crippen molar-refractivity contribution in [3.8, 4) is 11.5 Å². The molecule has 0 amide bonds. The third-order valence-corrected chi connectivity index (χ3v) is 3.13. The molecule has 2 rings (SSSR count). The number of aliphatic carboxylic acids is 1. The van der Waals surface area contributed by atoms with E-state index in [1.165, 1.54) is 0 Å². The van der Waals surface area contributed by atoms with Crippen molar-refractivity contribution in [1.82, 2.24) is 0 Å². The van der Waals surface area contributed by atoms with E-state index < -0.39 is 11.9 Å². The standard InChI is InChI=1S/C13H16O5/c1-16-10-3-8(4-11(5-10)17-2)12(13(14)15)9-6-18-7-9/h3-5,9,12H,6-7H2,1-2H3,(H,14,15). The van der Waals surface area contributed by atoms with Gasteiger partial charge >= 0.3 is 5.97 Å². The molecular weight excluding hydrogens is 236 g/mol. The Hall–Kier alpha value is -1.75. The van der Waals surface area contributed by atoms with Gasteiger partial charge in [-0.25, -0.2) is 0 Å². The lowest BCUT2D eigenvalue weighted by atomic mass is 9.84. The fourth-order valence-corrected chi connectivity index (χ4v) is 2.07. The molecular formula is C13H16O5. The minimum Gasteiger partial charge on any atom is -0.497 e. The Labute approximate surface area is 105 Å². The summed E-state index contributed by atoms with van der Waals surface area (Å²) in [6, 6.07) is 5.19. The highest BCUT2D eigenvalue weighted by Crippen LogP contribution is 2.34. The van der Waals surface area contributed by atoms with Gasteiger partial charge in [0.05, 0.1) is 33.4 Å². The first-order valence-electron chi connectivity index (χ1n) is 5.69. The summed E-state index contributed by atoms with van der Waals surface area (Å²) in [6.45, 7) is 0.965. The number of ether oxygens (including phenoxy) is 3. The van der Waals surface area contributed by atoms with Crippen LogP contribution in [0.2, 0.25) is 0 Å². The number of carbonyl (C=O) groups is 1. The van der Waals surface area contributed by atoms with Gasteiger partial charge < -0.3 is 19.3 Å². The van der Waals surface area contributed by atoms with Crippen molar-refractivity contribution in [2.45, 2.75) is 5.92 Å². The second-order valence-electron chi connectivity index (χ2n) is 4.26. The Balaban J connectivity index is 2.36. The second kappa shape index (κ2) is 5.27. The van der Waals surface area contributed by atoms with E-state index in [0.717, 1.165) is 0 Å². The topological polar surface area (TPSA) is 65.0 Å². The van der Waals surface area contributed by atoms with Crippen LogP contribution in [0.25, 0.3) is 0 Å². The van der Waals surface area contributed by atoms with E-state index in [0.29, 0.717) is 30.3 Å². The SMILES string of the molecule is COc1cc(OC)cc(C(C(=O)O)C2COC2)c1. The van der Waals surface area contributed by atoms with Gasteiger partial charge in [-0.1, -0.05) is 0 Å². The lowest BCUT2D eigenvalue weighted by molar-refractivity contribution is -0.146. The first kappa shape index (κ1) is 12.7. The van der Waals surface area contributed by atoms with Gasteiger partial charge in [0, 0.05) is 12.0 Å². The van der Waals surface area contributed by atoms with E-state index in [1.807, 2.05) is 0 Å². The number of carboxylic acids is 1. The van der Waals surface area contributed by atoms with Gasteiger partial charge in [0.1, 0.15) is 11.5 Å². The summed E-state index contributed by atoms with van der Waals surface area (Å²) < 4.78 is 15.4. The third-order valence-electron chi connectivity index (χ3n) is 3.13. The lowest BCUT2D eigenvalue weighted by Crippen LogP contribution is -2.36. The second-order valence-corrected chi connectivity index (χ2v) is 4.26. The molecule has 1 N–H and O–H groups in total. The minimum atomic E-state index is -0.849. The zero-order valence-corrected chi connectivity index (χ0v) is 10.4. The van der Waals surface area contributed by atoms with Crippen LogP contribution in [0, 0.1) is 5.92 Å². The molecule has 1 aromatic carbocycles. The quantitative estimate of drug-likeness (QED) is 0.860. The van der Waals surface area contributed by atoms with Crippen LogP contribution in [0.4, 0.5) is 0 Å². The molecule has 5 heteroatoms.